The third kappa shape index (κ3) is 4.60. The summed E-state index contributed by atoms with van der Waals surface area (Å²) in [7, 11) is 0. The minimum atomic E-state index is -0.605. The summed E-state index contributed by atoms with van der Waals surface area (Å²) in [5, 5.41) is 9.49. The molecule has 0 bridgehead atoms. The van der Waals surface area contributed by atoms with Gasteiger partial charge in [0.25, 0.3) is 0 Å². The average molecular weight is 264 g/mol. The van der Waals surface area contributed by atoms with Gasteiger partial charge in [0.15, 0.2) is 0 Å². The molecule has 1 aromatic rings. The number of hydrogen-bond acceptors (Lipinski definition) is 3. The van der Waals surface area contributed by atoms with Crippen LogP contribution < -0.4 is 0 Å². The molecule has 0 atom stereocenters. The zero-order valence-corrected chi connectivity index (χ0v) is 11.1. The lowest BCUT2D eigenvalue weighted by atomic mass is 10.1. The molecule has 0 aliphatic heterocycles. The van der Waals surface area contributed by atoms with Crippen molar-refractivity contribution in [3.05, 3.63) is 40.4 Å². The summed E-state index contributed by atoms with van der Waals surface area (Å²) in [5.41, 5.74) is 0.665. The van der Waals surface area contributed by atoms with E-state index in [-0.39, 0.29) is 11.5 Å². The number of hydrogen-bond donors (Lipinski definition) is 0. The molecule has 4 heteroatoms. The van der Waals surface area contributed by atoms with E-state index in [4.69, 9.17) is 21.6 Å². The molecule has 0 aliphatic carbocycles. The molecule has 1 aromatic carbocycles. The van der Waals surface area contributed by atoms with Gasteiger partial charge >= 0.3 is 5.97 Å². The molecule has 0 amide bonds. The second-order valence-corrected chi connectivity index (χ2v) is 4.65. The monoisotopic (exact) mass is 263 g/mol. The van der Waals surface area contributed by atoms with Crippen molar-refractivity contribution >= 4 is 23.6 Å². The molecular formula is C14H14ClNO2. The summed E-state index contributed by atoms with van der Waals surface area (Å²) in [4.78, 5) is 11.6. The van der Waals surface area contributed by atoms with Gasteiger partial charge in [-0.1, -0.05) is 37.6 Å². The number of benzene rings is 1. The molecule has 3 nitrogen and oxygen atoms in total. The number of nitrogens with zero attached hydrogens (tertiary/aromatic N) is 1. The van der Waals surface area contributed by atoms with Gasteiger partial charge in [0.05, 0.1) is 6.61 Å². The van der Waals surface area contributed by atoms with Gasteiger partial charge in [-0.2, -0.15) is 5.26 Å². The highest BCUT2D eigenvalue weighted by molar-refractivity contribution is 6.30. The standard InChI is InChI=1S/C14H14ClNO2/c1-10(2)9-18-14(17)12(8-16)6-11-4-3-5-13(15)7-11/h3-7,10H,9H2,1-2H3. The third-order valence-corrected chi connectivity index (χ3v) is 2.28. The van der Waals surface area contributed by atoms with Crippen LogP contribution >= 0.6 is 11.6 Å². The first-order chi connectivity index (χ1) is 8.52. The van der Waals surface area contributed by atoms with E-state index < -0.39 is 5.97 Å². The van der Waals surface area contributed by atoms with Crippen molar-refractivity contribution in [3.8, 4) is 6.07 Å². The molecule has 0 spiro atoms. The maximum atomic E-state index is 11.6. The molecule has 0 saturated heterocycles. The van der Waals surface area contributed by atoms with Crippen LogP contribution in [0.25, 0.3) is 6.08 Å². The number of halogens is 1. The molecular weight excluding hydrogens is 250 g/mol. The van der Waals surface area contributed by atoms with Crippen molar-refractivity contribution in [3.63, 3.8) is 0 Å². The lowest BCUT2D eigenvalue weighted by molar-refractivity contribution is -0.139. The molecule has 0 unspecified atom stereocenters. The topological polar surface area (TPSA) is 50.1 Å². The Morgan fingerprint density at radius 1 is 1.56 bits per heavy atom. The van der Waals surface area contributed by atoms with Crippen molar-refractivity contribution in [2.75, 3.05) is 6.61 Å². The molecule has 1 rings (SSSR count). The van der Waals surface area contributed by atoms with Gasteiger partial charge < -0.3 is 4.74 Å². The number of carbonyl (C=O) groups excluding carboxylic acids is 1. The predicted octanol–water partition coefficient (Wildman–Crippen LogP) is 3.45. The van der Waals surface area contributed by atoms with Crippen LogP contribution in [0.15, 0.2) is 29.8 Å². The predicted molar refractivity (Wildman–Crippen MR) is 70.8 cm³/mol. The van der Waals surface area contributed by atoms with Crippen molar-refractivity contribution < 1.29 is 9.53 Å². The molecule has 0 radical (unpaired) electrons. The van der Waals surface area contributed by atoms with Crippen molar-refractivity contribution in [2.45, 2.75) is 13.8 Å². The van der Waals surface area contributed by atoms with Gasteiger partial charge in [0.1, 0.15) is 11.6 Å². The van der Waals surface area contributed by atoms with E-state index in [1.165, 1.54) is 6.08 Å². The molecule has 0 aromatic heterocycles. The Bertz CT molecular complexity index is 501. The third-order valence-electron chi connectivity index (χ3n) is 2.05. The van der Waals surface area contributed by atoms with Crippen LogP contribution in [0.1, 0.15) is 19.4 Å². The fourth-order valence-corrected chi connectivity index (χ4v) is 1.42. The summed E-state index contributed by atoms with van der Waals surface area (Å²) in [6.07, 6.45) is 1.47. The first-order valence-electron chi connectivity index (χ1n) is 5.57. The maximum absolute atomic E-state index is 11.6. The summed E-state index contributed by atoms with van der Waals surface area (Å²) >= 11 is 5.83. The molecule has 0 N–H and O–H groups in total. The summed E-state index contributed by atoms with van der Waals surface area (Å²) in [6, 6.07) is 8.75. The second kappa shape index (κ2) is 6.83. The number of ether oxygens (including phenoxy) is 1. The number of carbonyl (C=O) groups is 1. The van der Waals surface area contributed by atoms with Gasteiger partial charge in [-0.3, -0.25) is 0 Å². The smallest absolute Gasteiger partial charge is 0.348 e. The van der Waals surface area contributed by atoms with Crippen LogP contribution in [0.5, 0.6) is 0 Å². The largest absolute Gasteiger partial charge is 0.461 e. The number of nitriles is 1. The van der Waals surface area contributed by atoms with Crippen LogP contribution in [0.2, 0.25) is 5.02 Å². The minimum Gasteiger partial charge on any atom is -0.461 e. The fourth-order valence-electron chi connectivity index (χ4n) is 1.22. The Morgan fingerprint density at radius 3 is 2.83 bits per heavy atom. The van der Waals surface area contributed by atoms with Gasteiger partial charge in [-0.25, -0.2) is 4.79 Å². The summed E-state index contributed by atoms with van der Waals surface area (Å²) in [5.74, 6) is -0.369. The van der Waals surface area contributed by atoms with Crippen LogP contribution in [-0.4, -0.2) is 12.6 Å². The normalized spacial score (nSPS) is 11.2. The van der Waals surface area contributed by atoms with Crippen LogP contribution in [0.4, 0.5) is 0 Å². The zero-order valence-electron chi connectivity index (χ0n) is 10.3. The lowest BCUT2D eigenvalue weighted by Crippen LogP contribution is -2.11. The summed E-state index contributed by atoms with van der Waals surface area (Å²) < 4.78 is 5.00. The number of esters is 1. The van der Waals surface area contributed by atoms with Gasteiger partial charge in [0.2, 0.25) is 0 Å². The Morgan fingerprint density at radius 2 is 2.28 bits per heavy atom. The van der Waals surface area contributed by atoms with Crippen molar-refractivity contribution in [1.82, 2.24) is 0 Å². The van der Waals surface area contributed by atoms with Crippen LogP contribution in [-0.2, 0) is 9.53 Å². The Hall–Kier alpha value is -1.79. The Kier molecular flexibility index (Phi) is 5.41. The van der Waals surface area contributed by atoms with E-state index in [0.717, 1.165) is 0 Å². The SMILES string of the molecule is CC(C)COC(=O)C(C#N)=Cc1cccc(Cl)c1. The highest BCUT2D eigenvalue weighted by Gasteiger charge is 2.11. The molecule has 0 heterocycles. The molecule has 0 aliphatic rings. The van der Waals surface area contributed by atoms with E-state index in [9.17, 15) is 4.79 Å². The molecule has 94 valence electrons. The Labute approximate surface area is 112 Å². The van der Waals surface area contributed by atoms with Gasteiger partial charge in [-0.05, 0) is 29.7 Å². The van der Waals surface area contributed by atoms with E-state index in [1.54, 1.807) is 24.3 Å². The van der Waals surface area contributed by atoms with E-state index in [1.807, 2.05) is 19.9 Å². The maximum Gasteiger partial charge on any atom is 0.348 e. The van der Waals surface area contributed by atoms with E-state index >= 15 is 0 Å². The van der Waals surface area contributed by atoms with E-state index in [2.05, 4.69) is 0 Å². The van der Waals surface area contributed by atoms with Crippen molar-refractivity contribution in [2.24, 2.45) is 5.92 Å². The molecule has 0 fully saturated rings. The number of rotatable bonds is 4. The molecule has 18 heavy (non-hydrogen) atoms. The average Bonchev–Trinajstić information content (AvgIpc) is 2.33. The van der Waals surface area contributed by atoms with Crippen LogP contribution in [0, 0.1) is 17.2 Å². The quantitative estimate of drug-likeness (QED) is 0.475. The fraction of sp³-hybridized carbons (Fsp3) is 0.286. The highest BCUT2D eigenvalue weighted by atomic mass is 35.5. The minimum absolute atomic E-state index is 0.0297. The highest BCUT2D eigenvalue weighted by Crippen LogP contribution is 2.14. The zero-order chi connectivity index (χ0) is 13.5. The van der Waals surface area contributed by atoms with Crippen LogP contribution in [0.3, 0.4) is 0 Å². The lowest BCUT2D eigenvalue weighted by Gasteiger charge is -2.06. The Balaban J connectivity index is 2.83. The summed E-state index contributed by atoms with van der Waals surface area (Å²) in [6.45, 7) is 4.16. The van der Waals surface area contributed by atoms with Crippen molar-refractivity contribution in [1.29, 1.82) is 5.26 Å². The molecule has 0 saturated carbocycles. The second-order valence-electron chi connectivity index (χ2n) is 4.22. The first-order valence-corrected chi connectivity index (χ1v) is 5.95. The van der Waals surface area contributed by atoms with Gasteiger partial charge in [-0.15, -0.1) is 0 Å². The first kappa shape index (κ1) is 14.3. The van der Waals surface area contributed by atoms with E-state index in [0.29, 0.717) is 17.2 Å². The van der Waals surface area contributed by atoms with Gasteiger partial charge in [0, 0.05) is 5.02 Å².